The van der Waals surface area contributed by atoms with Crippen LogP contribution in [0, 0.1) is 12.3 Å². The van der Waals surface area contributed by atoms with E-state index in [-0.39, 0.29) is 0 Å². The van der Waals surface area contributed by atoms with Gasteiger partial charge in [0.15, 0.2) is 0 Å². The smallest absolute Gasteiger partial charge is 0.321 e. The molecule has 1 unspecified atom stereocenters. The molecule has 0 heterocycles. The van der Waals surface area contributed by atoms with E-state index in [1.807, 2.05) is 0 Å². The maximum absolute atomic E-state index is 10.3. The van der Waals surface area contributed by atoms with Crippen LogP contribution < -0.4 is 11.1 Å². The fraction of sp³-hybridized carbons (Fsp3) is 0.667. The number of nitrogens with one attached hydrogen (secondary N) is 1. The van der Waals surface area contributed by atoms with E-state index in [1.165, 1.54) is 0 Å². The van der Waals surface area contributed by atoms with E-state index < -0.39 is 12.0 Å². The normalized spacial score (nSPS) is 12.0. The average molecular weight is 184 g/mol. The highest BCUT2D eigenvalue weighted by molar-refractivity contribution is 5.73. The molecule has 0 saturated carbocycles. The van der Waals surface area contributed by atoms with Crippen molar-refractivity contribution < 1.29 is 9.90 Å². The van der Waals surface area contributed by atoms with Crippen LogP contribution in [0.15, 0.2) is 0 Å². The molecule has 1 atom stereocenters. The molecule has 0 aliphatic rings. The topological polar surface area (TPSA) is 75.3 Å². The zero-order chi connectivity index (χ0) is 10.1. The Morgan fingerprint density at radius 1 is 1.62 bits per heavy atom. The molecule has 74 valence electrons. The minimum Gasteiger partial charge on any atom is -0.480 e. The maximum atomic E-state index is 10.3. The molecule has 4 heteroatoms. The highest BCUT2D eigenvalue weighted by atomic mass is 16.4. The van der Waals surface area contributed by atoms with Crippen LogP contribution in [0.5, 0.6) is 0 Å². The lowest BCUT2D eigenvalue weighted by atomic mass is 10.2. The SMILES string of the molecule is C#CCCCCNCC(N)C(=O)O. The van der Waals surface area contributed by atoms with E-state index in [4.69, 9.17) is 17.3 Å². The Morgan fingerprint density at radius 3 is 2.85 bits per heavy atom. The van der Waals surface area contributed by atoms with Gasteiger partial charge >= 0.3 is 5.97 Å². The Bertz CT molecular complexity index is 187. The van der Waals surface area contributed by atoms with Crippen molar-refractivity contribution in [2.75, 3.05) is 13.1 Å². The summed E-state index contributed by atoms with van der Waals surface area (Å²) in [7, 11) is 0. The standard InChI is InChI=1S/C9H16N2O2/c1-2-3-4-5-6-11-7-8(10)9(12)13/h1,8,11H,3-7,10H2,(H,12,13). The number of rotatable bonds is 7. The second-order valence-electron chi connectivity index (χ2n) is 2.81. The summed E-state index contributed by atoms with van der Waals surface area (Å²) in [6.07, 6.45) is 7.75. The number of aliphatic carboxylic acids is 1. The zero-order valence-corrected chi connectivity index (χ0v) is 7.62. The predicted molar refractivity (Wildman–Crippen MR) is 51.2 cm³/mol. The van der Waals surface area contributed by atoms with Crippen molar-refractivity contribution in [2.45, 2.75) is 25.3 Å². The zero-order valence-electron chi connectivity index (χ0n) is 7.62. The van der Waals surface area contributed by atoms with E-state index in [0.717, 1.165) is 25.8 Å². The number of carboxylic acid groups (broad SMARTS) is 1. The van der Waals surface area contributed by atoms with Crippen LogP contribution in [-0.2, 0) is 4.79 Å². The first-order valence-electron chi connectivity index (χ1n) is 4.31. The van der Waals surface area contributed by atoms with Crippen LogP contribution in [-0.4, -0.2) is 30.2 Å². The summed E-state index contributed by atoms with van der Waals surface area (Å²) in [4.78, 5) is 10.3. The molecule has 0 aromatic rings. The van der Waals surface area contributed by atoms with Crippen LogP contribution in [0.1, 0.15) is 19.3 Å². The number of hydrogen-bond donors (Lipinski definition) is 3. The van der Waals surface area contributed by atoms with Gasteiger partial charge in [0.05, 0.1) is 0 Å². The first-order valence-corrected chi connectivity index (χ1v) is 4.31. The van der Waals surface area contributed by atoms with E-state index in [1.54, 1.807) is 0 Å². The Balaban J connectivity index is 3.17. The van der Waals surface area contributed by atoms with Crippen molar-refractivity contribution in [1.82, 2.24) is 5.32 Å². The Labute approximate surface area is 78.5 Å². The maximum Gasteiger partial charge on any atom is 0.321 e. The Hall–Kier alpha value is -1.05. The molecule has 4 N–H and O–H groups in total. The second kappa shape index (κ2) is 7.59. The van der Waals surface area contributed by atoms with E-state index >= 15 is 0 Å². The summed E-state index contributed by atoms with van der Waals surface area (Å²) in [5, 5.41) is 11.4. The summed E-state index contributed by atoms with van der Waals surface area (Å²) in [5.41, 5.74) is 5.26. The molecule has 0 radical (unpaired) electrons. The third-order valence-electron chi connectivity index (χ3n) is 1.61. The van der Waals surface area contributed by atoms with Gasteiger partial charge in [-0.1, -0.05) is 0 Å². The summed E-state index contributed by atoms with van der Waals surface area (Å²) >= 11 is 0. The van der Waals surface area contributed by atoms with Gasteiger partial charge < -0.3 is 16.2 Å². The quantitative estimate of drug-likeness (QED) is 0.378. The third kappa shape index (κ3) is 7.32. The second-order valence-corrected chi connectivity index (χ2v) is 2.81. The summed E-state index contributed by atoms with van der Waals surface area (Å²) in [6.45, 7) is 1.08. The van der Waals surface area contributed by atoms with Crippen molar-refractivity contribution in [1.29, 1.82) is 0 Å². The number of unbranched alkanes of at least 4 members (excludes halogenated alkanes) is 2. The lowest BCUT2D eigenvalue weighted by Gasteiger charge is -2.07. The number of hydrogen-bond acceptors (Lipinski definition) is 3. The average Bonchev–Trinajstić information content (AvgIpc) is 2.10. The lowest BCUT2D eigenvalue weighted by molar-refractivity contribution is -0.138. The largest absolute Gasteiger partial charge is 0.480 e. The summed E-state index contributed by atoms with van der Waals surface area (Å²) < 4.78 is 0. The molecule has 0 aromatic heterocycles. The van der Waals surface area contributed by atoms with Gasteiger partial charge in [0, 0.05) is 13.0 Å². The molecule has 0 rings (SSSR count). The van der Waals surface area contributed by atoms with E-state index in [9.17, 15) is 4.79 Å². The molecule has 0 fully saturated rings. The van der Waals surface area contributed by atoms with E-state index in [2.05, 4.69) is 11.2 Å². The van der Waals surface area contributed by atoms with Gasteiger partial charge in [-0.25, -0.2) is 0 Å². The molecule has 0 amide bonds. The highest BCUT2D eigenvalue weighted by Crippen LogP contribution is 1.91. The van der Waals surface area contributed by atoms with Crippen molar-refractivity contribution in [3.8, 4) is 12.3 Å². The summed E-state index contributed by atoms with van der Waals surface area (Å²) in [5.74, 6) is 1.56. The number of nitrogens with two attached hydrogens (primary N) is 1. The van der Waals surface area contributed by atoms with Gasteiger partial charge in [-0.2, -0.15) is 0 Å². The van der Waals surface area contributed by atoms with Crippen molar-refractivity contribution >= 4 is 5.97 Å². The molecule has 0 bridgehead atoms. The first kappa shape index (κ1) is 11.9. The monoisotopic (exact) mass is 184 g/mol. The highest BCUT2D eigenvalue weighted by Gasteiger charge is 2.09. The number of carbonyl (C=O) groups is 1. The van der Waals surface area contributed by atoms with Crippen LogP contribution in [0.25, 0.3) is 0 Å². The van der Waals surface area contributed by atoms with Crippen molar-refractivity contribution in [3.63, 3.8) is 0 Å². The molecule has 4 nitrogen and oxygen atoms in total. The molecule has 0 saturated heterocycles. The summed E-state index contributed by atoms with van der Waals surface area (Å²) in [6, 6.07) is -0.812. The molecular weight excluding hydrogens is 168 g/mol. The van der Waals surface area contributed by atoms with Crippen LogP contribution in [0.2, 0.25) is 0 Å². The van der Waals surface area contributed by atoms with Gasteiger partial charge in [0.25, 0.3) is 0 Å². The lowest BCUT2D eigenvalue weighted by Crippen LogP contribution is -2.40. The predicted octanol–water partition coefficient (Wildman–Crippen LogP) is -0.209. The van der Waals surface area contributed by atoms with Gasteiger partial charge in [-0.3, -0.25) is 4.79 Å². The Morgan fingerprint density at radius 2 is 2.31 bits per heavy atom. The Kier molecular flexibility index (Phi) is 6.98. The molecule has 0 spiro atoms. The fourth-order valence-corrected chi connectivity index (χ4v) is 0.822. The molecule has 13 heavy (non-hydrogen) atoms. The van der Waals surface area contributed by atoms with Gasteiger partial charge in [-0.15, -0.1) is 12.3 Å². The van der Waals surface area contributed by atoms with Crippen molar-refractivity contribution in [3.05, 3.63) is 0 Å². The fourth-order valence-electron chi connectivity index (χ4n) is 0.822. The molecule has 0 aliphatic carbocycles. The molecule has 0 aliphatic heterocycles. The van der Waals surface area contributed by atoms with Crippen LogP contribution >= 0.6 is 0 Å². The minimum absolute atomic E-state index is 0.311. The van der Waals surface area contributed by atoms with Crippen LogP contribution in [0.4, 0.5) is 0 Å². The third-order valence-corrected chi connectivity index (χ3v) is 1.61. The van der Waals surface area contributed by atoms with Crippen LogP contribution in [0.3, 0.4) is 0 Å². The van der Waals surface area contributed by atoms with Gasteiger partial charge in [0.1, 0.15) is 6.04 Å². The van der Waals surface area contributed by atoms with Crippen molar-refractivity contribution in [2.24, 2.45) is 5.73 Å². The number of carboxylic acids is 1. The number of terminal acetylenes is 1. The van der Waals surface area contributed by atoms with E-state index in [0.29, 0.717) is 6.54 Å². The molecular formula is C9H16N2O2. The van der Waals surface area contributed by atoms with Gasteiger partial charge in [-0.05, 0) is 19.4 Å². The molecule has 0 aromatic carbocycles. The van der Waals surface area contributed by atoms with Gasteiger partial charge in [0.2, 0.25) is 0 Å². The first-order chi connectivity index (χ1) is 6.18. The minimum atomic E-state index is -0.976.